The number of carbonyl (C=O) groups is 2. The predicted octanol–water partition coefficient (Wildman–Crippen LogP) is 4.00. The van der Waals surface area contributed by atoms with Gasteiger partial charge in [-0.3, -0.25) is 13.9 Å². The van der Waals surface area contributed by atoms with Crippen molar-refractivity contribution in [2.75, 3.05) is 30.8 Å². The summed E-state index contributed by atoms with van der Waals surface area (Å²) in [6.45, 7) is 7.91. The Bertz CT molecular complexity index is 1150. The molecule has 2 rings (SSSR count). The summed E-state index contributed by atoms with van der Waals surface area (Å²) < 4.78 is 31.5. The Morgan fingerprint density at radius 2 is 1.75 bits per heavy atom. The number of aryl methyl sites for hydroxylation is 1. The number of methoxy groups -OCH3 is 1. The van der Waals surface area contributed by atoms with Crippen molar-refractivity contribution in [2.24, 2.45) is 5.92 Å². The third-order valence-electron chi connectivity index (χ3n) is 5.65. The van der Waals surface area contributed by atoms with Crippen LogP contribution in [0.3, 0.4) is 0 Å². The van der Waals surface area contributed by atoms with Gasteiger partial charge in [-0.1, -0.05) is 62.2 Å². The third kappa shape index (κ3) is 8.13. The van der Waals surface area contributed by atoms with Crippen LogP contribution in [0, 0.1) is 12.8 Å². The monoisotopic (exact) mass is 537 g/mol. The van der Waals surface area contributed by atoms with E-state index in [9.17, 15) is 18.0 Å². The van der Waals surface area contributed by atoms with E-state index in [0.29, 0.717) is 18.7 Å². The van der Waals surface area contributed by atoms with Gasteiger partial charge in [0, 0.05) is 13.1 Å². The first kappa shape index (κ1) is 29.5. The molecule has 2 aromatic rings. The summed E-state index contributed by atoms with van der Waals surface area (Å²) >= 11 is 6.22. The number of hydrogen-bond acceptors (Lipinski definition) is 5. The molecule has 0 heterocycles. The Morgan fingerprint density at radius 3 is 2.25 bits per heavy atom. The van der Waals surface area contributed by atoms with Gasteiger partial charge < -0.3 is 15.0 Å². The lowest BCUT2D eigenvalue weighted by molar-refractivity contribution is -0.140. The van der Waals surface area contributed by atoms with Crippen molar-refractivity contribution in [1.29, 1.82) is 0 Å². The highest BCUT2D eigenvalue weighted by atomic mass is 35.5. The van der Waals surface area contributed by atoms with Gasteiger partial charge in [0.1, 0.15) is 18.3 Å². The summed E-state index contributed by atoms with van der Waals surface area (Å²) in [5.41, 5.74) is 2.13. The fourth-order valence-corrected chi connectivity index (χ4v) is 4.75. The molecule has 2 amide bonds. The number of rotatable bonds is 12. The van der Waals surface area contributed by atoms with Crippen LogP contribution >= 0.6 is 11.6 Å². The number of ether oxygens (including phenoxy) is 1. The molecule has 0 saturated heterocycles. The van der Waals surface area contributed by atoms with E-state index in [1.807, 2.05) is 52.0 Å². The average molecular weight is 538 g/mol. The highest BCUT2D eigenvalue weighted by Gasteiger charge is 2.32. The van der Waals surface area contributed by atoms with Gasteiger partial charge in [0.05, 0.1) is 24.1 Å². The maximum Gasteiger partial charge on any atom is 0.244 e. The first-order valence-electron chi connectivity index (χ1n) is 11.8. The lowest BCUT2D eigenvalue weighted by Crippen LogP contribution is -2.52. The van der Waals surface area contributed by atoms with Crippen LogP contribution < -0.4 is 14.4 Å². The fraction of sp³-hybridized carbons (Fsp3) is 0.462. The molecule has 1 N–H and O–H groups in total. The molecule has 10 heteroatoms. The Kier molecular flexibility index (Phi) is 10.6. The number of nitrogens with zero attached hydrogens (tertiary/aromatic N) is 2. The Hall–Kier alpha value is -2.78. The van der Waals surface area contributed by atoms with E-state index in [0.717, 1.165) is 21.7 Å². The number of nitrogens with one attached hydrogen (secondary N) is 1. The van der Waals surface area contributed by atoms with Crippen LogP contribution in [0.4, 0.5) is 5.69 Å². The Labute approximate surface area is 219 Å². The zero-order chi connectivity index (χ0) is 27.0. The SMILES string of the molecule is CC[C@@H](C(=O)NCC(C)C)N(Cc1ccc(C)cc1)C(=O)CN(c1ccc(OC)c(Cl)c1)S(C)(=O)=O. The van der Waals surface area contributed by atoms with E-state index in [2.05, 4.69) is 5.32 Å². The summed E-state index contributed by atoms with van der Waals surface area (Å²) in [6, 6.07) is 11.4. The standard InChI is InChI=1S/C26H36ClN3O5S/c1-7-23(26(32)28-15-18(2)3)29(16-20-10-8-19(4)9-11-20)25(31)17-30(36(6,33)34)21-12-13-24(35-5)22(27)14-21/h8-14,18,23H,7,15-17H2,1-6H3,(H,28,32)/t23-/m0/s1. The second kappa shape index (κ2) is 13.0. The Balaban J connectivity index is 2.44. The minimum atomic E-state index is -3.85. The summed E-state index contributed by atoms with van der Waals surface area (Å²) in [7, 11) is -2.39. The number of benzene rings is 2. The smallest absolute Gasteiger partial charge is 0.244 e. The van der Waals surface area contributed by atoms with Gasteiger partial charge >= 0.3 is 0 Å². The van der Waals surface area contributed by atoms with Crippen LogP contribution in [0.2, 0.25) is 5.02 Å². The molecule has 0 radical (unpaired) electrons. The third-order valence-corrected chi connectivity index (χ3v) is 7.08. The molecule has 2 aromatic carbocycles. The molecule has 0 aromatic heterocycles. The molecule has 1 atom stereocenters. The van der Waals surface area contributed by atoms with E-state index in [-0.39, 0.29) is 29.1 Å². The summed E-state index contributed by atoms with van der Waals surface area (Å²) in [5.74, 6) is -0.146. The largest absolute Gasteiger partial charge is 0.495 e. The average Bonchev–Trinajstić information content (AvgIpc) is 2.81. The van der Waals surface area contributed by atoms with Crippen molar-refractivity contribution in [3.8, 4) is 5.75 Å². The maximum atomic E-state index is 13.7. The highest BCUT2D eigenvalue weighted by Crippen LogP contribution is 2.30. The van der Waals surface area contributed by atoms with Crippen molar-refractivity contribution < 1.29 is 22.7 Å². The predicted molar refractivity (Wildman–Crippen MR) is 144 cm³/mol. The van der Waals surface area contributed by atoms with Gasteiger partial charge in [-0.15, -0.1) is 0 Å². The molecule has 0 unspecified atom stereocenters. The quantitative estimate of drug-likeness (QED) is 0.441. The van der Waals surface area contributed by atoms with Crippen LogP contribution in [-0.4, -0.2) is 57.6 Å². The minimum Gasteiger partial charge on any atom is -0.495 e. The number of halogens is 1. The maximum absolute atomic E-state index is 13.7. The summed E-state index contributed by atoms with van der Waals surface area (Å²) in [6.07, 6.45) is 1.39. The van der Waals surface area contributed by atoms with Crippen LogP contribution in [-0.2, 0) is 26.2 Å². The van der Waals surface area contributed by atoms with Gasteiger partial charge in [0.15, 0.2) is 0 Å². The van der Waals surface area contributed by atoms with Gasteiger partial charge in [0.25, 0.3) is 0 Å². The van der Waals surface area contributed by atoms with Crippen molar-refractivity contribution in [3.63, 3.8) is 0 Å². The molecule has 0 aliphatic heterocycles. The van der Waals surface area contributed by atoms with Crippen LogP contribution in [0.15, 0.2) is 42.5 Å². The number of sulfonamides is 1. The highest BCUT2D eigenvalue weighted by molar-refractivity contribution is 7.92. The molecule has 0 fully saturated rings. The van der Waals surface area contributed by atoms with Crippen LogP contribution in [0.1, 0.15) is 38.3 Å². The fourth-order valence-electron chi connectivity index (χ4n) is 3.66. The van der Waals surface area contributed by atoms with E-state index in [1.54, 1.807) is 6.07 Å². The Morgan fingerprint density at radius 1 is 1.11 bits per heavy atom. The van der Waals surface area contributed by atoms with Gasteiger partial charge in [0.2, 0.25) is 21.8 Å². The molecule has 198 valence electrons. The van der Waals surface area contributed by atoms with E-state index in [1.165, 1.54) is 24.1 Å². The topological polar surface area (TPSA) is 96.0 Å². The zero-order valence-corrected chi connectivity index (χ0v) is 23.3. The second-order valence-electron chi connectivity index (χ2n) is 9.16. The normalized spacial score (nSPS) is 12.2. The number of hydrogen-bond donors (Lipinski definition) is 1. The molecule has 0 bridgehead atoms. The summed E-state index contributed by atoms with van der Waals surface area (Å²) in [4.78, 5) is 28.2. The lowest BCUT2D eigenvalue weighted by atomic mass is 10.1. The number of amides is 2. The first-order chi connectivity index (χ1) is 16.9. The molecule has 0 aliphatic carbocycles. The van der Waals surface area contributed by atoms with Crippen molar-refractivity contribution in [3.05, 3.63) is 58.6 Å². The van der Waals surface area contributed by atoms with Crippen LogP contribution in [0.25, 0.3) is 0 Å². The van der Waals surface area contributed by atoms with Gasteiger partial charge in [-0.05, 0) is 43.0 Å². The number of carbonyl (C=O) groups excluding carboxylic acids is 2. The lowest BCUT2D eigenvalue weighted by Gasteiger charge is -2.33. The minimum absolute atomic E-state index is 0.160. The second-order valence-corrected chi connectivity index (χ2v) is 11.5. The first-order valence-corrected chi connectivity index (χ1v) is 14.0. The van der Waals surface area contributed by atoms with Crippen molar-refractivity contribution in [2.45, 2.75) is 46.7 Å². The van der Waals surface area contributed by atoms with E-state index < -0.39 is 28.5 Å². The molecular formula is C26H36ClN3O5S. The van der Waals surface area contributed by atoms with Crippen molar-refractivity contribution in [1.82, 2.24) is 10.2 Å². The molecule has 36 heavy (non-hydrogen) atoms. The van der Waals surface area contributed by atoms with Crippen molar-refractivity contribution >= 4 is 39.1 Å². The van der Waals surface area contributed by atoms with E-state index in [4.69, 9.17) is 16.3 Å². The van der Waals surface area contributed by atoms with Crippen LogP contribution in [0.5, 0.6) is 5.75 Å². The van der Waals surface area contributed by atoms with Gasteiger partial charge in [-0.25, -0.2) is 8.42 Å². The van der Waals surface area contributed by atoms with E-state index >= 15 is 0 Å². The molecule has 8 nitrogen and oxygen atoms in total. The molecular weight excluding hydrogens is 502 g/mol. The summed E-state index contributed by atoms with van der Waals surface area (Å²) in [5, 5.41) is 3.12. The number of anilines is 1. The van der Waals surface area contributed by atoms with Gasteiger partial charge in [-0.2, -0.15) is 0 Å². The zero-order valence-electron chi connectivity index (χ0n) is 21.7. The molecule has 0 aliphatic rings. The molecule has 0 saturated carbocycles. The molecule has 0 spiro atoms.